The molecule has 1 aliphatic rings. The molecular weight excluding hydrogens is 582 g/mol. The standard InChI is InChI=1S/C37H41N3O6/c38-40-39-23-13-22-37(41)36(45-27-32-20-11-4-12-21-32)35(44-26-31-18-9-3-10-19-31)34(43-25-30-16-7-2-8-17-30)33(46-37)28-42-24-29-14-5-1-6-15-29/h1-12,14-21,33-36,41H,13,22-28H2/t33-,34-,35+,36+,37+/m1/s1. The largest absolute Gasteiger partial charge is 0.374 e. The number of rotatable bonds is 17. The average molecular weight is 624 g/mol. The molecule has 0 amide bonds. The number of ether oxygens (including phenoxy) is 5. The van der Waals surface area contributed by atoms with Gasteiger partial charge in [0.25, 0.3) is 0 Å². The third-order valence-electron chi connectivity index (χ3n) is 7.88. The molecule has 0 bridgehead atoms. The van der Waals surface area contributed by atoms with Crippen molar-refractivity contribution in [2.75, 3.05) is 13.2 Å². The smallest absolute Gasteiger partial charge is 0.195 e. The van der Waals surface area contributed by atoms with Gasteiger partial charge in [0.05, 0.1) is 33.0 Å². The van der Waals surface area contributed by atoms with Gasteiger partial charge in [0.15, 0.2) is 5.79 Å². The molecule has 0 radical (unpaired) electrons. The molecule has 1 aliphatic heterocycles. The van der Waals surface area contributed by atoms with Crippen molar-refractivity contribution in [1.82, 2.24) is 0 Å². The van der Waals surface area contributed by atoms with Gasteiger partial charge in [-0.05, 0) is 34.2 Å². The molecule has 0 aromatic heterocycles. The molecule has 9 heteroatoms. The predicted octanol–water partition coefficient (Wildman–Crippen LogP) is 7.14. The van der Waals surface area contributed by atoms with Gasteiger partial charge in [-0.1, -0.05) is 126 Å². The first-order valence-electron chi connectivity index (χ1n) is 15.6. The van der Waals surface area contributed by atoms with E-state index in [2.05, 4.69) is 10.0 Å². The zero-order chi connectivity index (χ0) is 31.9. The van der Waals surface area contributed by atoms with Crippen LogP contribution in [0.5, 0.6) is 0 Å². The summed E-state index contributed by atoms with van der Waals surface area (Å²) in [6.45, 7) is 1.50. The van der Waals surface area contributed by atoms with Crippen molar-refractivity contribution in [3.63, 3.8) is 0 Å². The van der Waals surface area contributed by atoms with Crippen molar-refractivity contribution >= 4 is 0 Å². The van der Waals surface area contributed by atoms with Crippen molar-refractivity contribution < 1.29 is 28.8 Å². The molecule has 1 saturated heterocycles. The molecule has 1 N–H and O–H groups in total. The van der Waals surface area contributed by atoms with Crippen LogP contribution in [0.15, 0.2) is 126 Å². The number of hydrogen-bond donors (Lipinski definition) is 1. The van der Waals surface area contributed by atoms with Crippen LogP contribution in [0.4, 0.5) is 0 Å². The highest BCUT2D eigenvalue weighted by atomic mass is 16.7. The SMILES string of the molecule is [N-]=[N+]=NCCC[C@]1(O)O[C@H](COCc2ccccc2)[C@@H](OCc2ccccc2)[C@H](OCc2ccccc2)[C@@H]1OCc1ccccc1. The second-order valence-electron chi connectivity index (χ2n) is 11.3. The Morgan fingerprint density at radius 1 is 0.652 bits per heavy atom. The van der Waals surface area contributed by atoms with E-state index >= 15 is 0 Å². The Kier molecular flexibility index (Phi) is 12.7. The van der Waals surface area contributed by atoms with Gasteiger partial charge < -0.3 is 28.8 Å². The van der Waals surface area contributed by atoms with Crippen LogP contribution in [0.25, 0.3) is 10.4 Å². The highest BCUT2D eigenvalue weighted by molar-refractivity contribution is 5.16. The molecule has 0 spiro atoms. The summed E-state index contributed by atoms with van der Waals surface area (Å²) in [7, 11) is 0. The molecular formula is C37H41N3O6. The molecule has 240 valence electrons. The predicted molar refractivity (Wildman–Crippen MR) is 174 cm³/mol. The summed E-state index contributed by atoms with van der Waals surface area (Å²) in [6.07, 6.45) is -2.50. The lowest BCUT2D eigenvalue weighted by atomic mass is 9.89. The summed E-state index contributed by atoms with van der Waals surface area (Å²) in [5.41, 5.74) is 12.8. The summed E-state index contributed by atoms with van der Waals surface area (Å²) < 4.78 is 32.5. The van der Waals surface area contributed by atoms with Crippen molar-refractivity contribution in [3.8, 4) is 0 Å². The van der Waals surface area contributed by atoms with E-state index in [1.807, 2.05) is 121 Å². The van der Waals surface area contributed by atoms with Crippen molar-refractivity contribution in [2.45, 2.75) is 69.5 Å². The molecule has 1 heterocycles. The molecule has 4 aromatic carbocycles. The first kappa shape index (κ1) is 33.3. The molecule has 5 atom stereocenters. The Hall–Kier alpha value is -4.05. The van der Waals surface area contributed by atoms with E-state index < -0.39 is 30.2 Å². The number of nitrogens with zero attached hydrogens (tertiary/aromatic N) is 3. The van der Waals surface area contributed by atoms with E-state index in [-0.39, 0.29) is 32.8 Å². The summed E-state index contributed by atoms with van der Waals surface area (Å²) in [4.78, 5) is 2.87. The van der Waals surface area contributed by atoms with E-state index in [1.54, 1.807) is 0 Å². The Bertz CT molecular complexity index is 1470. The topological polar surface area (TPSA) is 115 Å². The molecule has 5 rings (SSSR count). The first-order chi connectivity index (χ1) is 22.6. The Balaban J connectivity index is 1.46. The fourth-order valence-electron chi connectivity index (χ4n) is 5.58. The quantitative estimate of drug-likeness (QED) is 0.0579. The Labute approximate surface area is 270 Å². The minimum atomic E-state index is -1.78. The van der Waals surface area contributed by atoms with E-state index in [1.165, 1.54) is 0 Å². The molecule has 0 aliphatic carbocycles. The van der Waals surface area contributed by atoms with Gasteiger partial charge in [-0.2, -0.15) is 0 Å². The molecule has 1 fully saturated rings. The Morgan fingerprint density at radius 3 is 1.61 bits per heavy atom. The zero-order valence-electron chi connectivity index (χ0n) is 25.8. The van der Waals surface area contributed by atoms with E-state index in [0.717, 1.165) is 22.3 Å². The molecule has 0 saturated carbocycles. The van der Waals surface area contributed by atoms with Gasteiger partial charge in [0.1, 0.15) is 24.4 Å². The van der Waals surface area contributed by atoms with Gasteiger partial charge in [-0.25, -0.2) is 0 Å². The molecule has 46 heavy (non-hydrogen) atoms. The maximum atomic E-state index is 12.3. The fourth-order valence-corrected chi connectivity index (χ4v) is 5.58. The molecule has 4 aromatic rings. The number of benzene rings is 4. The Morgan fingerprint density at radius 2 is 1.11 bits per heavy atom. The van der Waals surface area contributed by atoms with Gasteiger partial charge in [0, 0.05) is 17.9 Å². The third kappa shape index (κ3) is 9.72. The number of azide groups is 1. The minimum absolute atomic E-state index is 0.142. The van der Waals surface area contributed by atoms with E-state index in [0.29, 0.717) is 19.6 Å². The lowest BCUT2D eigenvalue weighted by Crippen LogP contribution is -2.67. The van der Waals surface area contributed by atoms with E-state index in [4.69, 9.17) is 29.2 Å². The number of hydrogen-bond acceptors (Lipinski definition) is 7. The lowest BCUT2D eigenvalue weighted by molar-refractivity contribution is -0.372. The summed E-state index contributed by atoms with van der Waals surface area (Å²) >= 11 is 0. The summed E-state index contributed by atoms with van der Waals surface area (Å²) in [5.74, 6) is -1.78. The van der Waals surface area contributed by atoms with Crippen molar-refractivity contribution in [3.05, 3.63) is 154 Å². The van der Waals surface area contributed by atoms with Crippen LogP contribution in [0, 0.1) is 0 Å². The lowest BCUT2D eigenvalue weighted by Gasteiger charge is -2.50. The normalized spacial score (nSPS) is 22.6. The van der Waals surface area contributed by atoms with Crippen LogP contribution in [-0.4, -0.2) is 48.5 Å². The first-order valence-corrected chi connectivity index (χ1v) is 15.6. The average Bonchev–Trinajstić information content (AvgIpc) is 3.10. The summed E-state index contributed by atoms with van der Waals surface area (Å²) in [6, 6.07) is 39.4. The maximum Gasteiger partial charge on any atom is 0.195 e. The van der Waals surface area contributed by atoms with Crippen LogP contribution in [0.1, 0.15) is 35.1 Å². The van der Waals surface area contributed by atoms with Crippen LogP contribution in [0.3, 0.4) is 0 Å². The second kappa shape index (κ2) is 17.6. The third-order valence-corrected chi connectivity index (χ3v) is 7.88. The van der Waals surface area contributed by atoms with Crippen LogP contribution in [0.2, 0.25) is 0 Å². The van der Waals surface area contributed by atoms with E-state index in [9.17, 15) is 5.11 Å². The van der Waals surface area contributed by atoms with Gasteiger partial charge in [-0.15, -0.1) is 0 Å². The molecule has 0 unspecified atom stereocenters. The van der Waals surface area contributed by atoms with Crippen LogP contribution in [-0.2, 0) is 50.1 Å². The summed E-state index contributed by atoms with van der Waals surface area (Å²) in [5, 5.41) is 16.0. The van der Waals surface area contributed by atoms with Gasteiger partial charge in [-0.3, -0.25) is 0 Å². The molecule has 9 nitrogen and oxygen atoms in total. The second-order valence-corrected chi connectivity index (χ2v) is 11.3. The van der Waals surface area contributed by atoms with Crippen molar-refractivity contribution in [2.24, 2.45) is 5.11 Å². The van der Waals surface area contributed by atoms with Crippen molar-refractivity contribution in [1.29, 1.82) is 0 Å². The number of aliphatic hydroxyl groups is 1. The monoisotopic (exact) mass is 623 g/mol. The minimum Gasteiger partial charge on any atom is -0.374 e. The maximum absolute atomic E-state index is 12.3. The van der Waals surface area contributed by atoms with Gasteiger partial charge in [0.2, 0.25) is 0 Å². The van der Waals surface area contributed by atoms with Crippen LogP contribution < -0.4 is 0 Å². The van der Waals surface area contributed by atoms with Gasteiger partial charge >= 0.3 is 0 Å². The van der Waals surface area contributed by atoms with Crippen LogP contribution >= 0.6 is 0 Å². The fraction of sp³-hybridized carbons (Fsp3) is 0.351. The highest BCUT2D eigenvalue weighted by Crippen LogP contribution is 2.38. The zero-order valence-corrected chi connectivity index (χ0v) is 25.8. The highest BCUT2D eigenvalue weighted by Gasteiger charge is 2.56.